The van der Waals surface area contributed by atoms with Crippen LogP contribution in [-0.4, -0.2) is 68.0 Å². The Labute approximate surface area is 152 Å². The Balaban J connectivity index is 1.63. The van der Waals surface area contributed by atoms with Crippen molar-refractivity contribution in [2.75, 3.05) is 32.4 Å². The molecule has 3 aliphatic rings. The van der Waals surface area contributed by atoms with E-state index in [4.69, 9.17) is 0 Å². The molecule has 0 radical (unpaired) electrons. The van der Waals surface area contributed by atoms with Gasteiger partial charge < -0.3 is 5.32 Å². The number of nitrogens with zero attached hydrogens (tertiary/aromatic N) is 2. The molecule has 1 N–H and O–H groups in total. The van der Waals surface area contributed by atoms with E-state index >= 15 is 0 Å². The predicted molar refractivity (Wildman–Crippen MR) is 98.6 cm³/mol. The monoisotopic (exact) mass is 371 g/mol. The zero-order chi connectivity index (χ0) is 18.2. The summed E-state index contributed by atoms with van der Waals surface area (Å²) in [6, 6.07) is 0.0930. The molecule has 1 saturated carbocycles. The van der Waals surface area contributed by atoms with Crippen molar-refractivity contribution in [1.29, 1.82) is 0 Å². The van der Waals surface area contributed by atoms with Gasteiger partial charge in [0.15, 0.2) is 0 Å². The molecule has 2 saturated heterocycles. The summed E-state index contributed by atoms with van der Waals surface area (Å²) in [6.07, 6.45) is 6.53. The molecule has 0 spiro atoms. The first kappa shape index (κ1) is 19.1. The highest BCUT2D eigenvalue weighted by molar-refractivity contribution is 7.88. The SMILES string of the molecule is CC(C)C[C@@H](C(=O)N[C@@H]1CC[C@H]2CN(S(C)(=O)=O)C[C@H]21)N1CCCC1. The summed E-state index contributed by atoms with van der Waals surface area (Å²) in [6.45, 7) is 7.56. The number of carbonyl (C=O) groups excluding carboxylic acids is 1. The predicted octanol–water partition coefficient (Wildman–Crippen LogP) is 1.28. The van der Waals surface area contributed by atoms with Gasteiger partial charge in [-0.1, -0.05) is 13.8 Å². The molecule has 0 bridgehead atoms. The Morgan fingerprint density at radius 1 is 1.16 bits per heavy atom. The first-order valence-electron chi connectivity index (χ1n) is 9.75. The van der Waals surface area contributed by atoms with Crippen LogP contribution in [-0.2, 0) is 14.8 Å². The maximum absolute atomic E-state index is 13.0. The number of hydrogen-bond donors (Lipinski definition) is 1. The van der Waals surface area contributed by atoms with E-state index in [1.807, 2.05) is 0 Å². The normalized spacial score (nSPS) is 32.2. The molecule has 1 amide bonds. The van der Waals surface area contributed by atoms with Crippen LogP contribution in [0.15, 0.2) is 0 Å². The van der Waals surface area contributed by atoms with Gasteiger partial charge in [0, 0.05) is 19.1 Å². The minimum Gasteiger partial charge on any atom is -0.352 e. The number of rotatable bonds is 6. The summed E-state index contributed by atoms with van der Waals surface area (Å²) in [7, 11) is -3.13. The fourth-order valence-electron chi connectivity index (χ4n) is 4.88. The molecule has 0 aromatic rings. The van der Waals surface area contributed by atoms with Crippen molar-refractivity contribution in [2.24, 2.45) is 17.8 Å². The summed E-state index contributed by atoms with van der Waals surface area (Å²) >= 11 is 0. The van der Waals surface area contributed by atoms with Gasteiger partial charge >= 0.3 is 0 Å². The van der Waals surface area contributed by atoms with E-state index in [0.29, 0.717) is 24.9 Å². The fourth-order valence-corrected chi connectivity index (χ4v) is 5.78. The number of amides is 1. The molecule has 3 rings (SSSR count). The van der Waals surface area contributed by atoms with Gasteiger partial charge in [-0.3, -0.25) is 9.69 Å². The Bertz CT molecular complexity index is 586. The summed E-state index contributed by atoms with van der Waals surface area (Å²) in [5, 5.41) is 3.30. The van der Waals surface area contributed by atoms with Crippen LogP contribution >= 0.6 is 0 Å². The van der Waals surface area contributed by atoms with Crippen LogP contribution in [0.25, 0.3) is 0 Å². The molecule has 7 heteroatoms. The van der Waals surface area contributed by atoms with Crippen molar-refractivity contribution in [1.82, 2.24) is 14.5 Å². The van der Waals surface area contributed by atoms with E-state index in [-0.39, 0.29) is 23.9 Å². The number of nitrogens with one attached hydrogen (secondary N) is 1. The molecule has 0 aromatic carbocycles. The highest BCUT2D eigenvalue weighted by Gasteiger charge is 2.46. The van der Waals surface area contributed by atoms with Crippen LogP contribution in [0.5, 0.6) is 0 Å². The topological polar surface area (TPSA) is 69.7 Å². The molecule has 0 unspecified atom stereocenters. The number of hydrogen-bond acceptors (Lipinski definition) is 4. The lowest BCUT2D eigenvalue weighted by molar-refractivity contribution is -0.127. The second-order valence-electron chi connectivity index (χ2n) is 8.58. The molecule has 6 nitrogen and oxygen atoms in total. The largest absolute Gasteiger partial charge is 0.352 e. The summed E-state index contributed by atoms with van der Waals surface area (Å²) in [5.41, 5.74) is 0. The number of likely N-dealkylation sites (tertiary alicyclic amines) is 1. The smallest absolute Gasteiger partial charge is 0.237 e. The van der Waals surface area contributed by atoms with Gasteiger partial charge in [-0.2, -0.15) is 0 Å². The zero-order valence-electron chi connectivity index (χ0n) is 15.8. The van der Waals surface area contributed by atoms with Crippen LogP contribution in [0.1, 0.15) is 46.0 Å². The van der Waals surface area contributed by atoms with Crippen molar-refractivity contribution in [3.63, 3.8) is 0 Å². The second-order valence-corrected chi connectivity index (χ2v) is 10.6. The maximum atomic E-state index is 13.0. The second kappa shape index (κ2) is 7.53. The molecule has 4 atom stereocenters. The fraction of sp³-hybridized carbons (Fsp3) is 0.944. The Hall–Kier alpha value is -0.660. The molecule has 2 heterocycles. The number of carbonyl (C=O) groups is 1. The lowest BCUT2D eigenvalue weighted by Crippen LogP contribution is -2.50. The molecular formula is C18H33N3O3S. The highest BCUT2D eigenvalue weighted by atomic mass is 32.2. The van der Waals surface area contributed by atoms with E-state index in [0.717, 1.165) is 32.4 Å². The highest BCUT2D eigenvalue weighted by Crippen LogP contribution is 2.39. The quantitative estimate of drug-likeness (QED) is 0.764. The maximum Gasteiger partial charge on any atom is 0.237 e. The third-order valence-electron chi connectivity index (χ3n) is 6.20. The van der Waals surface area contributed by atoms with Gasteiger partial charge in [-0.05, 0) is 62.9 Å². The zero-order valence-corrected chi connectivity index (χ0v) is 16.6. The van der Waals surface area contributed by atoms with Gasteiger partial charge in [-0.25, -0.2) is 12.7 Å². The van der Waals surface area contributed by atoms with E-state index in [1.54, 1.807) is 4.31 Å². The van der Waals surface area contributed by atoms with Crippen LogP contribution in [0.3, 0.4) is 0 Å². The summed E-state index contributed by atoms with van der Waals surface area (Å²) in [5.74, 6) is 1.31. The average molecular weight is 372 g/mol. The van der Waals surface area contributed by atoms with Gasteiger partial charge in [0.1, 0.15) is 0 Å². The first-order chi connectivity index (χ1) is 11.8. The van der Waals surface area contributed by atoms with E-state index in [1.165, 1.54) is 19.1 Å². The molecular weight excluding hydrogens is 338 g/mol. The molecule has 25 heavy (non-hydrogen) atoms. The van der Waals surface area contributed by atoms with Crippen molar-refractivity contribution < 1.29 is 13.2 Å². The standard InChI is InChI=1S/C18H33N3O3S/c1-13(2)10-17(20-8-4-5-9-20)18(22)19-16-7-6-14-11-21(12-15(14)16)25(3,23)24/h13-17H,4-12H2,1-3H3,(H,19,22)/t14-,15+,16+,17-/m0/s1. The van der Waals surface area contributed by atoms with Crippen molar-refractivity contribution in [3.8, 4) is 0 Å². The van der Waals surface area contributed by atoms with Crippen LogP contribution in [0, 0.1) is 17.8 Å². The van der Waals surface area contributed by atoms with E-state index in [9.17, 15) is 13.2 Å². The first-order valence-corrected chi connectivity index (χ1v) is 11.6. The molecule has 0 aromatic heterocycles. The van der Waals surface area contributed by atoms with Gasteiger partial charge in [0.05, 0.1) is 12.3 Å². The lowest BCUT2D eigenvalue weighted by Gasteiger charge is -2.30. The lowest BCUT2D eigenvalue weighted by atomic mass is 9.96. The number of sulfonamides is 1. The summed E-state index contributed by atoms with van der Waals surface area (Å²) < 4.78 is 25.2. The molecule has 1 aliphatic carbocycles. The van der Waals surface area contributed by atoms with Crippen molar-refractivity contribution in [3.05, 3.63) is 0 Å². The van der Waals surface area contributed by atoms with Crippen LogP contribution in [0.4, 0.5) is 0 Å². The van der Waals surface area contributed by atoms with E-state index < -0.39 is 10.0 Å². The van der Waals surface area contributed by atoms with Crippen LogP contribution < -0.4 is 5.32 Å². The van der Waals surface area contributed by atoms with Gasteiger partial charge in [0.2, 0.25) is 15.9 Å². The molecule has 144 valence electrons. The van der Waals surface area contributed by atoms with Gasteiger partial charge in [0.25, 0.3) is 0 Å². The summed E-state index contributed by atoms with van der Waals surface area (Å²) in [4.78, 5) is 15.3. The minimum absolute atomic E-state index is 0.0334. The van der Waals surface area contributed by atoms with Crippen molar-refractivity contribution in [2.45, 2.75) is 58.0 Å². The third-order valence-corrected chi connectivity index (χ3v) is 7.43. The Kier molecular flexibility index (Phi) is 5.75. The molecule has 3 fully saturated rings. The van der Waals surface area contributed by atoms with Crippen molar-refractivity contribution >= 4 is 15.9 Å². The average Bonchev–Trinajstić information content (AvgIpc) is 3.21. The van der Waals surface area contributed by atoms with Gasteiger partial charge in [-0.15, -0.1) is 0 Å². The minimum atomic E-state index is -3.13. The third kappa shape index (κ3) is 4.37. The Morgan fingerprint density at radius 3 is 2.44 bits per heavy atom. The van der Waals surface area contributed by atoms with Crippen LogP contribution in [0.2, 0.25) is 0 Å². The van der Waals surface area contributed by atoms with E-state index in [2.05, 4.69) is 24.1 Å². The number of fused-ring (bicyclic) bond motifs is 1. The molecule has 2 aliphatic heterocycles. The Morgan fingerprint density at radius 2 is 1.84 bits per heavy atom.